The summed E-state index contributed by atoms with van der Waals surface area (Å²) in [5.41, 5.74) is 3.59. The Bertz CT molecular complexity index is 957. The molecular formula is C23H22N2O2S. The summed E-state index contributed by atoms with van der Waals surface area (Å²) in [7, 11) is 0. The third-order valence-corrected chi connectivity index (χ3v) is 5.05. The molecule has 0 spiro atoms. The van der Waals surface area contributed by atoms with E-state index in [0.717, 1.165) is 5.56 Å². The number of benzene rings is 2. The van der Waals surface area contributed by atoms with E-state index >= 15 is 0 Å². The summed E-state index contributed by atoms with van der Waals surface area (Å²) < 4.78 is 0. The van der Waals surface area contributed by atoms with Gasteiger partial charge in [0.2, 0.25) is 5.91 Å². The van der Waals surface area contributed by atoms with Crippen molar-refractivity contribution in [2.75, 3.05) is 10.6 Å². The summed E-state index contributed by atoms with van der Waals surface area (Å²) >= 11 is 1.39. The number of thiophene rings is 1. The standard InChI is InChI=1S/C23H22N2O2S/c1-16(2)18-8-5-17(6-9-18)7-14-22(26)24-19-10-12-20(13-11-19)25-23(27)21-4-3-15-28-21/h3-16H,1-2H3,(H,24,26)(H,25,27)/b14-7+. The van der Waals surface area contributed by atoms with Crippen molar-refractivity contribution in [1.29, 1.82) is 0 Å². The van der Waals surface area contributed by atoms with Gasteiger partial charge in [-0.2, -0.15) is 0 Å². The second-order valence-electron chi connectivity index (χ2n) is 6.65. The fourth-order valence-electron chi connectivity index (χ4n) is 2.59. The lowest BCUT2D eigenvalue weighted by molar-refractivity contribution is -0.111. The van der Waals surface area contributed by atoms with E-state index < -0.39 is 0 Å². The number of carbonyl (C=O) groups excluding carboxylic acids is 2. The van der Waals surface area contributed by atoms with Crippen LogP contribution in [0.15, 0.2) is 72.1 Å². The average Bonchev–Trinajstić information content (AvgIpc) is 3.23. The summed E-state index contributed by atoms with van der Waals surface area (Å²) in [5, 5.41) is 7.50. The Balaban J connectivity index is 1.54. The van der Waals surface area contributed by atoms with Gasteiger partial charge in [0.1, 0.15) is 0 Å². The molecule has 0 unspecified atom stereocenters. The zero-order valence-electron chi connectivity index (χ0n) is 15.8. The van der Waals surface area contributed by atoms with Crippen LogP contribution in [0, 0.1) is 0 Å². The van der Waals surface area contributed by atoms with Crippen molar-refractivity contribution < 1.29 is 9.59 Å². The number of hydrogen-bond acceptors (Lipinski definition) is 3. The Morgan fingerprint density at radius 3 is 2.11 bits per heavy atom. The first kappa shape index (κ1) is 19.6. The van der Waals surface area contributed by atoms with Crippen LogP contribution in [-0.4, -0.2) is 11.8 Å². The van der Waals surface area contributed by atoms with Crippen LogP contribution in [-0.2, 0) is 4.79 Å². The molecule has 2 aromatic carbocycles. The number of nitrogens with one attached hydrogen (secondary N) is 2. The molecule has 142 valence electrons. The van der Waals surface area contributed by atoms with Gasteiger partial charge in [-0.3, -0.25) is 9.59 Å². The topological polar surface area (TPSA) is 58.2 Å². The molecule has 4 nitrogen and oxygen atoms in total. The quantitative estimate of drug-likeness (QED) is 0.525. The van der Waals surface area contributed by atoms with Crippen LogP contribution in [0.5, 0.6) is 0 Å². The Labute approximate surface area is 168 Å². The van der Waals surface area contributed by atoms with E-state index in [2.05, 4.69) is 36.6 Å². The molecule has 5 heteroatoms. The lowest BCUT2D eigenvalue weighted by Gasteiger charge is -2.06. The number of carbonyl (C=O) groups is 2. The van der Waals surface area contributed by atoms with Crippen molar-refractivity contribution in [2.45, 2.75) is 19.8 Å². The van der Waals surface area contributed by atoms with Crippen molar-refractivity contribution in [2.24, 2.45) is 0 Å². The predicted molar refractivity (Wildman–Crippen MR) is 117 cm³/mol. The van der Waals surface area contributed by atoms with Gasteiger partial charge in [-0.1, -0.05) is 44.2 Å². The molecule has 0 atom stereocenters. The molecule has 0 aliphatic rings. The van der Waals surface area contributed by atoms with Crippen LogP contribution < -0.4 is 10.6 Å². The third-order valence-electron chi connectivity index (χ3n) is 4.19. The lowest BCUT2D eigenvalue weighted by Crippen LogP contribution is -2.10. The van der Waals surface area contributed by atoms with E-state index in [-0.39, 0.29) is 11.8 Å². The van der Waals surface area contributed by atoms with Crippen molar-refractivity contribution in [3.05, 3.63) is 88.1 Å². The van der Waals surface area contributed by atoms with E-state index in [1.807, 2.05) is 23.6 Å². The maximum Gasteiger partial charge on any atom is 0.265 e. The highest BCUT2D eigenvalue weighted by atomic mass is 32.1. The van der Waals surface area contributed by atoms with Gasteiger partial charge in [0.15, 0.2) is 0 Å². The average molecular weight is 391 g/mol. The van der Waals surface area contributed by atoms with E-state index in [4.69, 9.17) is 0 Å². The van der Waals surface area contributed by atoms with E-state index in [1.54, 1.807) is 36.4 Å². The van der Waals surface area contributed by atoms with Crippen molar-refractivity contribution in [3.63, 3.8) is 0 Å². The van der Waals surface area contributed by atoms with E-state index in [1.165, 1.54) is 23.0 Å². The molecule has 0 aliphatic heterocycles. The second-order valence-corrected chi connectivity index (χ2v) is 7.60. The van der Waals surface area contributed by atoms with Crippen LogP contribution in [0.2, 0.25) is 0 Å². The normalized spacial score (nSPS) is 11.0. The molecule has 3 aromatic rings. The highest BCUT2D eigenvalue weighted by Crippen LogP contribution is 2.17. The zero-order chi connectivity index (χ0) is 19.9. The molecule has 0 bridgehead atoms. The molecule has 2 N–H and O–H groups in total. The van der Waals surface area contributed by atoms with Crippen LogP contribution in [0.25, 0.3) is 6.08 Å². The Kier molecular flexibility index (Phi) is 6.40. The molecule has 1 heterocycles. The fourth-order valence-corrected chi connectivity index (χ4v) is 3.20. The Morgan fingerprint density at radius 1 is 0.893 bits per heavy atom. The first-order valence-corrected chi connectivity index (χ1v) is 9.93. The maximum atomic E-state index is 12.1. The second kappa shape index (κ2) is 9.15. The number of hydrogen-bond donors (Lipinski definition) is 2. The van der Waals surface area contributed by atoms with Gasteiger partial charge < -0.3 is 10.6 Å². The Morgan fingerprint density at radius 2 is 1.54 bits per heavy atom. The molecule has 2 amide bonds. The molecule has 0 aliphatic carbocycles. The fraction of sp³-hybridized carbons (Fsp3) is 0.130. The van der Waals surface area contributed by atoms with Gasteiger partial charge >= 0.3 is 0 Å². The maximum absolute atomic E-state index is 12.1. The van der Waals surface area contributed by atoms with Crippen molar-refractivity contribution >= 4 is 40.6 Å². The van der Waals surface area contributed by atoms with E-state index in [0.29, 0.717) is 22.2 Å². The highest BCUT2D eigenvalue weighted by Gasteiger charge is 2.07. The van der Waals surface area contributed by atoms with Crippen molar-refractivity contribution in [1.82, 2.24) is 0 Å². The minimum atomic E-state index is -0.205. The number of amides is 2. The van der Waals surface area contributed by atoms with Gasteiger partial charge in [0.25, 0.3) is 5.91 Å². The zero-order valence-corrected chi connectivity index (χ0v) is 16.6. The van der Waals surface area contributed by atoms with Gasteiger partial charge in [-0.05, 0) is 58.8 Å². The SMILES string of the molecule is CC(C)c1ccc(/C=C/C(=O)Nc2ccc(NC(=O)c3cccs3)cc2)cc1. The summed E-state index contributed by atoms with van der Waals surface area (Å²) in [4.78, 5) is 24.8. The Hall–Kier alpha value is -3.18. The monoisotopic (exact) mass is 390 g/mol. The molecule has 0 radical (unpaired) electrons. The molecule has 1 aromatic heterocycles. The highest BCUT2D eigenvalue weighted by molar-refractivity contribution is 7.12. The smallest absolute Gasteiger partial charge is 0.265 e. The van der Waals surface area contributed by atoms with Crippen LogP contribution >= 0.6 is 11.3 Å². The summed E-state index contributed by atoms with van der Waals surface area (Å²) in [5.74, 6) is 0.140. The summed E-state index contributed by atoms with van der Waals surface area (Å²) in [6.07, 6.45) is 3.30. The molecular weight excluding hydrogens is 368 g/mol. The minimum Gasteiger partial charge on any atom is -0.323 e. The van der Waals surface area contributed by atoms with Crippen LogP contribution in [0.3, 0.4) is 0 Å². The predicted octanol–water partition coefficient (Wildman–Crippen LogP) is 5.78. The molecule has 3 rings (SSSR count). The lowest BCUT2D eigenvalue weighted by atomic mass is 10.0. The molecule has 0 saturated carbocycles. The summed E-state index contributed by atoms with van der Waals surface area (Å²) in [6.45, 7) is 4.30. The van der Waals surface area contributed by atoms with E-state index in [9.17, 15) is 9.59 Å². The molecule has 0 saturated heterocycles. The van der Waals surface area contributed by atoms with Gasteiger partial charge in [-0.15, -0.1) is 11.3 Å². The number of anilines is 2. The summed E-state index contributed by atoms with van der Waals surface area (Å²) in [6, 6.07) is 18.8. The van der Waals surface area contributed by atoms with Crippen LogP contribution in [0.1, 0.15) is 40.6 Å². The first-order valence-electron chi connectivity index (χ1n) is 9.05. The van der Waals surface area contributed by atoms with Crippen molar-refractivity contribution in [3.8, 4) is 0 Å². The number of rotatable bonds is 6. The van der Waals surface area contributed by atoms with Gasteiger partial charge in [-0.25, -0.2) is 0 Å². The molecule has 0 fully saturated rings. The third kappa shape index (κ3) is 5.41. The first-order chi connectivity index (χ1) is 13.5. The minimum absolute atomic E-state index is 0.141. The molecule has 28 heavy (non-hydrogen) atoms. The largest absolute Gasteiger partial charge is 0.323 e. The van der Waals surface area contributed by atoms with Crippen LogP contribution in [0.4, 0.5) is 11.4 Å². The van der Waals surface area contributed by atoms with Gasteiger partial charge in [0, 0.05) is 17.5 Å². The van der Waals surface area contributed by atoms with Gasteiger partial charge in [0.05, 0.1) is 4.88 Å².